The summed E-state index contributed by atoms with van der Waals surface area (Å²) in [5, 5.41) is 0. The molecule has 8 heteroatoms. The molecule has 0 aliphatic carbocycles. The van der Waals surface area contributed by atoms with E-state index < -0.39 is 15.8 Å². The summed E-state index contributed by atoms with van der Waals surface area (Å²) in [5.74, 6) is -0.0428. The zero-order valence-electron chi connectivity index (χ0n) is 19.9. The number of carbonyl (C=O) groups excluding carboxylic acids is 1. The van der Waals surface area contributed by atoms with Crippen LogP contribution >= 0.6 is 22.6 Å². The number of anilines is 2. The quantitative estimate of drug-likeness (QED) is 0.147. The minimum absolute atomic E-state index is 0.0888. The van der Waals surface area contributed by atoms with Crippen molar-refractivity contribution in [3.05, 3.63) is 58.4 Å². The van der Waals surface area contributed by atoms with E-state index in [4.69, 9.17) is 9.47 Å². The summed E-state index contributed by atoms with van der Waals surface area (Å²) in [5.41, 5.74) is 1.26. The van der Waals surface area contributed by atoms with Crippen LogP contribution in [-0.4, -0.2) is 33.3 Å². The van der Waals surface area contributed by atoms with Crippen LogP contribution in [0.25, 0.3) is 0 Å². The lowest BCUT2D eigenvalue weighted by Crippen LogP contribution is -2.37. The zero-order chi connectivity index (χ0) is 24.8. The topological polar surface area (TPSA) is 72.9 Å². The third-order valence-corrected chi connectivity index (χ3v) is 9.03. The van der Waals surface area contributed by atoms with Crippen molar-refractivity contribution >= 4 is 49.8 Å². The molecule has 1 atom stereocenters. The fourth-order valence-electron chi connectivity index (χ4n) is 4.31. The van der Waals surface area contributed by atoms with Gasteiger partial charge in [-0.15, -0.1) is 0 Å². The van der Waals surface area contributed by atoms with Gasteiger partial charge in [-0.05, 0) is 60.6 Å². The standard InChI is InChI=1S/C26H32INO5S/c1-4-7-14-26(5-2)18-28(20-11-9-8-10-12-20)22-16-21(27)23(17-24(22)34(30,31)19-26)33-15-13-25(29)32-6-3/h8-13,15-17H,4-7,14,18-19H2,1-3H3/b15-13+. The van der Waals surface area contributed by atoms with Gasteiger partial charge >= 0.3 is 5.97 Å². The predicted octanol–water partition coefficient (Wildman–Crippen LogP) is 6.26. The molecule has 0 radical (unpaired) electrons. The van der Waals surface area contributed by atoms with E-state index in [1.54, 1.807) is 13.0 Å². The summed E-state index contributed by atoms with van der Waals surface area (Å²) < 4.78 is 38.8. The first kappa shape index (κ1) is 26.5. The van der Waals surface area contributed by atoms with Gasteiger partial charge in [-0.2, -0.15) is 0 Å². The fourth-order valence-corrected chi connectivity index (χ4v) is 7.06. The number of hydrogen-bond donors (Lipinski definition) is 0. The van der Waals surface area contributed by atoms with Crippen LogP contribution in [0.4, 0.5) is 11.4 Å². The molecule has 1 aliphatic rings. The van der Waals surface area contributed by atoms with Crippen LogP contribution in [0.15, 0.2) is 59.7 Å². The van der Waals surface area contributed by atoms with Crippen LogP contribution < -0.4 is 9.64 Å². The number of benzene rings is 2. The lowest BCUT2D eigenvalue weighted by atomic mass is 9.81. The predicted molar refractivity (Wildman–Crippen MR) is 143 cm³/mol. The Bertz CT molecular complexity index is 1130. The molecule has 0 N–H and O–H groups in total. The second-order valence-electron chi connectivity index (χ2n) is 8.56. The number of carbonyl (C=O) groups is 1. The largest absolute Gasteiger partial charge is 0.464 e. The number of para-hydroxylation sites is 1. The number of halogens is 1. The van der Waals surface area contributed by atoms with Crippen molar-refractivity contribution in [2.75, 3.05) is 23.8 Å². The van der Waals surface area contributed by atoms with Gasteiger partial charge in [0.1, 0.15) is 5.75 Å². The highest BCUT2D eigenvalue weighted by atomic mass is 127. The summed E-state index contributed by atoms with van der Waals surface area (Å²) in [7, 11) is -3.60. The van der Waals surface area contributed by atoms with Gasteiger partial charge in [0.2, 0.25) is 0 Å². The van der Waals surface area contributed by atoms with E-state index >= 15 is 0 Å². The summed E-state index contributed by atoms with van der Waals surface area (Å²) >= 11 is 2.14. The molecule has 0 aromatic heterocycles. The highest BCUT2D eigenvalue weighted by Gasteiger charge is 2.41. The lowest BCUT2D eigenvalue weighted by molar-refractivity contribution is -0.137. The average molecular weight is 598 g/mol. The summed E-state index contributed by atoms with van der Waals surface area (Å²) in [6, 6.07) is 13.4. The van der Waals surface area contributed by atoms with E-state index in [-0.39, 0.29) is 22.7 Å². The smallest absolute Gasteiger partial charge is 0.333 e. The highest BCUT2D eigenvalue weighted by molar-refractivity contribution is 14.1. The molecule has 1 aliphatic heterocycles. The molecule has 184 valence electrons. The number of esters is 1. The van der Waals surface area contributed by atoms with Crippen LogP contribution in [0, 0.1) is 8.99 Å². The van der Waals surface area contributed by atoms with Crippen molar-refractivity contribution in [2.24, 2.45) is 5.41 Å². The van der Waals surface area contributed by atoms with E-state index in [1.807, 2.05) is 36.4 Å². The maximum absolute atomic E-state index is 13.8. The number of hydrogen-bond acceptors (Lipinski definition) is 6. The van der Waals surface area contributed by atoms with E-state index in [9.17, 15) is 13.2 Å². The molecular weight excluding hydrogens is 565 g/mol. The Morgan fingerprint density at radius 3 is 2.56 bits per heavy atom. The molecule has 0 saturated carbocycles. The Hall–Kier alpha value is -2.07. The van der Waals surface area contributed by atoms with Crippen LogP contribution in [-0.2, 0) is 19.4 Å². The normalized spacial score (nSPS) is 19.5. The van der Waals surface area contributed by atoms with E-state index in [0.29, 0.717) is 18.0 Å². The molecule has 2 aromatic carbocycles. The molecule has 0 fully saturated rings. The summed E-state index contributed by atoms with van der Waals surface area (Å²) in [6.45, 7) is 6.84. The molecule has 6 nitrogen and oxygen atoms in total. The van der Waals surface area contributed by atoms with Crippen molar-refractivity contribution in [2.45, 2.75) is 51.3 Å². The molecule has 3 rings (SSSR count). The second kappa shape index (κ2) is 11.6. The summed E-state index contributed by atoms with van der Waals surface area (Å²) in [4.78, 5) is 14.0. The van der Waals surface area contributed by atoms with E-state index in [2.05, 4.69) is 41.3 Å². The number of unbranched alkanes of at least 4 members (excludes halogenated alkanes) is 1. The Morgan fingerprint density at radius 2 is 1.91 bits per heavy atom. The minimum Gasteiger partial charge on any atom is -0.464 e. The van der Waals surface area contributed by atoms with Gasteiger partial charge in [0.15, 0.2) is 9.84 Å². The Kier molecular flexibility index (Phi) is 9.03. The first-order valence-electron chi connectivity index (χ1n) is 11.6. The van der Waals surface area contributed by atoms with Gasteiger partial charge in [-0.25, -0.2) is 13.2 Å². The number of nitrogens with zero attached hydrogens (tertiary/aromatic N) is 1. The Labute approximate surface area is 216 Å². The third-order valence-electron chi connectivity index (χ3n) is 6.19. The van der Waals surface area contributed by atoms with Gasteiger partial charge in [0, 0.05) is 23.7 Å². The minimum atomic E-state index is -3.60. The average Bonchev–Trinajstić information content (AvgIpc) is 2.91. The molecule has 0 amide bonds. The van der Waals surface area contributed by atoms with Gasteiger partial charge in [0.25, 0.3) is 0 Å². The zero-order valence-corrected chi connectivity index (χ0v) is 22.9. The van der Waals surface area contributed by atoms with Crippen molar-refractivity contribution in [3.63, 3.8) is 0 Å². The number of rotatable bonds is 9. The highest BCUT2D eigenvalue weighted by Crippen LogP contribution is 2.46. The SMILES string of the molecule is CCCCC1(CC)CN(c2ccccc2)c2cc(I)c(O/C=C/C(=O)OCC)cc2S(=O)(=O)C1. The van der Waals surface area contributed by atoms with Crippen LogP contribution in [0.5, 0.6) is 5.75 Å². The first-order valence-corrected chi connectivity index (χ1v) is 14.4. The molecule has 2 aromatic rings. The molecule has 0 saturated heterocycles. The maximum Gasteiger partial charge on any atom is 0.333 e. The van der Waals surface area contributed by atoms with Gasteiger partial charge < -0.3 is 14.4 Å². The van der Waals surface area contributed by atoms with Crippen LogP contribution in [0.1, 0.15) is 46.5 Å². The number of sulfone groups is 1. The summed E-state index contributed by atoms with van der Waals surface area (Å²) in [6.07, 6.45) is 6.03. The van der Waals surface area contributed by atoms with Crippen molar-refractivity contribution in [3.8, 4) is 5.75 Å². The molecule has 1 unspecified atom stereocenters. The van der Waals surface area contributed by atoms with Crippen molar-refractivity contribution < 1.29 is 22.7 Å². The maximum atomic E-state index is 13.8. The monoisotopic (exact) mass is 597 g/mol. The van der Waals surface area contributed by atoms with Crippen LogP contribution in [0.2, 0.25) is 0 Å². The fraction of sp³-hybridized carbons (Fsp3) is 0.423. The van der Waals surface area contributed by atoms with Crippen molar-refractivity contribution in [1.82, 2.24) is 0 Å². The molecular formula is C26H32INO5S. The number of fused-ring (bicyclic) bond motifs is 1. The van der Waals surface area contributed by atoms with Gasteiger partial charge in [-0.3, -0.25) is 0 Å². The van der Waals surface area contributed by atoms with Crippen molar-refractivity contribution in [1.29, 1.82) is 0 Å². The van der Waals surface area contributed by atoms with Gasteiger partial charge in [0.05, 0.1) is 38.9 Å². The third kappa shape index (κ3) is 6.13. The first-order chi connectivity index (χ1) is 16.2. The second-order valence-corrected chi connectivity index (χ2v) is 11.7. The molecule has 0 spiro atoms. The molecule has 34 heavy (non-hydrogen) atoms. The molecule has 1 heterocycles. The molecule has 0 bridgehead atoms. The van der Waals surface area contributed by atoms with E-state index in [1.165, 1.54) is 12.3 Å². The Balaban J connectivity index is 2.12. The van der Waals surface area contributed by atoms with E-state index in [0.717, 1.165) is 34.9 Å². The van der Waals surface area contributed by atoms with Gasteiger partial charge in [-0.1, -0.05) is 44.9 Å². The van der Waals surface area contributed by atoms with Crippen LogP contribution in [0.3, 0.4) is 0 Å². The lowest BCUT2D eigenvalue weighted by Gasteiger charge is -2.36. The number of ether oxygens (including phenoxy) is 2. The Morgan fingerprint density at radius 1 is 1.18 bits per heavy atom.